The van der Waals surface area contributed by atoms with Crippen LogP contribution in [0.4, 0.5) is 10.1 Å². The first kappa shape index (κ1) is 19.5. The minimum Gasteiger partial charge on any atom is -0.323 e. The van der Waals surface area contributed by atoms with Crippen LogP contribution in [-0.4, -0.2) is 22.0 Å². The predicted molar refractivity (Wildman–Crippen MR) is 121 cm³/mol. The van der Waals surface area contributed by atoms with E-state index in [4.69, 9.17) is 4.98 Å². The molecule has 1 aromatic heterocycles. The van der Waals surface area contributed by atoms with Crippen LogP contribution < -0.4 is 4.90 Å². The number of anilines is 1. The number of carbonyl (C=O) groups is 1. The third-order valence-corrected chi connectivity index (χ3v) is 6.08. The Labute approximate surface area is 181 Å². The second-order valence-electron chi connectivity index (χ2n) is 8.10. The van der Waals surface area contributed by atoms with Crippen molar-refractivity contribution in [3.8, 4) is 0 Å². The fraction of sp³-hybridized carbons (Fsp3) is 0.231. The van der Waals surface area contributed by atoms with E-state index in [0.717, 1.165) is 34.5 Å². The molecule has 4 aromatic rings. The molecule has 1 amide bonds. The Balaban J connectivity index is 1.49. The summed E-state index contributed by atoms with van der Waals surface area (Å²) in [6.45, 7) is 3.32. The Bertz CT molecular complexity index is 1230. The van der Waals surface area contributed by atoms with Gasteiger partial charge in [0.15, 0.2) is 0 Å². The number of imidazole rings is 1. The first-order chi connectivity index (χ1) is 15.1. The van der Waals surface area contributed by atoms with Gasteiger partial charge in [-0.15, -0.1) is 0 Å². The van der Waals surface area contributed by atoms with Crippen molar-refractivity contribution in [3.63, 3.8) is 0 Å². The lowest BCUT2D eigenvalue weighted by atomic mass is 10.1. The van der Waals surface area contributed by atoms with Crippen molar-refractivity contribution < 1.29 is 9.18 Å². The van der Waals surface area contributed by atoms with Gasteiger partial charge in [0.05, 0.1) is 11.0 Å². The summed E-state index contributed by atoms with van der Waals surface area (Å²) in [5.74, 6) is 0.790. The highest BCUT2D eigenvalue weighted by molar-refractivity contribution is 5.96. The van der Waals surface area contributed by atoms with Gasteiger partial charge in [-0.2, -0.15) is 0 Å². The molecule has 0 bridgehead atoms. The fourth-order valence-electron chi connectivity index (χ4n) is 4.39. The van der Waals surface area contributed by atoms with Crippen LogP contribution in [0.5, 0.6) is 0 Å². The van der Waals surface area contributed by atoms with Crippen molar-refractivity contribution in [2.75, 3.05) is 11.4 Å². The van der Waals surface area contributed by atoms with E-state index in [2.05, 4.69) is 23.6 Å². The molecule has 1 fully saturated rings. The molecule has 0 spiro atoms. The van der Waals surface area contributed by atoms with Gasteiger partial charge < -0.3 is 9.47 Å². The van der Waals surface area contributed by atoms with Crippen LogP contribution >= 0.6 is 0 Å². The van der Waals surface area contributed by atoms with E-state index in [-0.39, 0.29) is 17.6 Å². The first-order valence-electron chi connectivity index (χ1n) is 10.7. The highest BCUT2D eigenvalue weighted by atomic mass is 19.1. The number of aromatic nitrogens is 2. The Morgan fingerprint density at radius 3 is 2.42 bits per heavy atom. The number of rotatable bonds is 5. The lowest BCUT2D eigenvalue weighted by Crippen LogP contribution is -2.24. The second kappa shape index (κ2) is 7.99. The quantitative estimate of drug-likeness (QED) is 0.445. The summed E-state index contributed by atoms with van der Waals surface area (Å²) in [6, 6.07) is 22.8. The molecule has 0 unspecified atom stereocenters. The largest absolute Gasteiger partial charge is 0.323 e. The molecule has 5 rings (SSSR count). The average Bonchev–Trinajstić information content (AvgIpc) is 3.36. The number of amides is 1. The number of hydrogen-bond acceptors (Lipinski definition) is 2. The molecule has 1 aliphatic heterocycles. The molecule has 0 saturated carbocycles. The molecule has 0 N–H and O–H groups in total. The minimum atomic E-state index is -0.245. The van der Waals surface area contributed by atoms with Gasteiger partial charge in [0, 0.05) is 31.1 Å². The molecule has 1 aliphatic rings. The summed E-state index contributed by atoms with van der Waals surface area (Å²) in [4.78, 5) is 19.7. The Hall–Kier alpha value is -3.47. The summed E-state index contributed by atoms with van der Waals surface area (Å²) in [6.07, 6.45) is 1.41. The second-order valence-corrected chi connectivity index (χ2v) is 8.10. The molecule has 3 aromatic carbocycles. The number of nitrogens with zero attached hydrogens (tertiary/aromatic N) is 3. The lowest BCUT2D eigenvalue weighted by Gasteiger charge is -2.18. The summed E-state index contributed by atoms with van der Waals surface area (Å²) in [5, 5.41) is 0. The van der Waals surface area contributed by atoms with Gasteiger partial charge in [-0.05, 0) is 53.9 Å². The van der Waals surface area contributed by atoms with Crippen molar-refractivity contribution in [2.24, 2.45) is 0 Å². The number of benzene rings is 3. The Morgan fingerprint density at radius 2 is 1.68 bits per heavy atom. The molecule has 1 atom stereocenters. The first-order valence-corrected chi connectivity index (χ1v) is 10.7. The summed E-state index contributed by atoms with van der Waals surface area (Å²) in [5.41, 5.74) is 5.14. The van der Waals surface area contributed by atoms with Crippen molar-refractivity contribution in [1.29, 1.82) is 0 Å². The van der Waals surface area contributed by atoms with E-state index < -0.39 is 0 Å². The van der Waals surface area contributed by atoms with Gasteiger partial charge in [-0.3, -0.25) is 4.79 Å². The van der Waals surface area contributed by atoms with E-state index in [1.807, 2.05) is 41.3 Å². The number of aryl methyl sites for hydroxylation is 1. The standard InChI is InChI=1S/C26H24FN3O/c1-2-18-9-13-22(14-10-18)29-17-20(15-25(29)31)26-28-23-5-3-4-6-24(23)30(26)16-19-7-11-21(27)12-8-19/h3-14,20H,2,15-17H2,1H3/t20-/m1/s1. The van der Waals surface area contributed by atoms with Crippen LogP contribution in [0.1, 0.15) is 36.2 Å². The summed E-state index contributed by atoms with van der Waals surface area (Å²) < 4.78 is 15.5. The van der Waals surface area contributed by atoms with E-state index in [0.29, 0.717) is 19.5 Å². The molecular weight excluding hydrogens is 389 g/mol. The monoisotopic (exact) mass is 413 g/mol. The van der Waals surface area contributed by atoms with Crippen LogP contribution in [-0.2, 0) is 17.8 Å². The highest BCUT2D eigenvalue weighted by Crippen LogP contribution is 2.33. The topological polar surface area (TPSA) is 38.1 Å². The van der Waals surface area contributed by atoms with Crippen molar-refractivity contribution >= 4 is 22.6 Å². The number of fused-ring (bicyclic) bond motifs is 1. The van der Waals surface area contributed by atoms with Crippen LogP contribution in [0.2, 0.25) is 0 Å². The molecule has 2 heterocycles. The van der Waals surface area contributed by atoms with Crippen LogP contribution in [0.25, 0.3) is 11.0 Å². The molecule has 1 saturated heterocycles. The SMILES string of the molecule is CCc1ccc(N2C[C@H](c3nc4ccccc4n3Cc3ccc(F)cc3)CC2=O)cc1. The van der Waals surface area contributed by atoms with Gasteiger partial charge in [-0.25, -0.2) is 9.37 Å². The summed E-state index contributed by atoms with van der Waals surface area (Å²) in [7, 11) is 0. The Morgan fingerprint density at radius 1 is 0.968 bits per heavy atom. The third-order valence-electron chi connectivity index (χ3n) is 6.08. The lowest BCUT2D eigenvalue weighted by molar-refractivity contribution is -0.117. The van der Waals surface area contributed by atoms with Gasteiger partial charge in [0.2, 0.25) is 5.91 Å². The van der Waals surface area contributed by atoms with Gasteiger partial charge in [0.1, 0.15) is 11.6 Å². The van der Waals surface area contributed by atoms with Gasteiger partial charge in [0.25, 0.3) is 0 Å². The number of carbonyl (C=O) groups excluding carboxylic acids is 1. The van der Waals surface area contributed by atoms with E-state index >= 15 is 0 Å². The fourth-order valence-corrected chi connectivity index (χ4v) is 4.39. The number of hydrogen-bond donors (Lipinski definition) is 0. The number of para-hydroxylation sites is 2. The maximum absolute atomic E-state index is 13.4. The Kier molecular flexibility index (Phi) is 5.02. The maximum atomic E-state index is 13.4. The third kappa shape index (κ3) is 3.72. The zero-order valence-electron chi connectivity index (χ0n) is 17.5. The van der Waals surface area contributed by atoms with Crippen LogP contribution in [0.15, 0.2) is 72.8 Å². The average molecular weight is 413 g/mol. The predicted octanol–water partition coefficient (Wildman–Crippen LogP) is 5.31. The molecular formula is C26H24FN3O. The molecule has 0 aliphatic carbocycles. The maximum Gasteiger partial charge on any atom is 0.227 e. The minimum absolute atomic E-state index is 0.00574. The summed E-state index contributed by atoms with van der Waals surface area (Å²) >= 11 is 0. The van der Waals surface area contributed by atoms with Gasteiger partial charge in [-0.1, -0.05) is 43.3 Å². The molecule has 5 heteroatoms. The molecule has 156 valence electrons. The molecule has 0 radical (unpaired) electrons. The van der Waals surface area contributed by atoms with Crippen molar-refractivity contribution in [2.45, 2.75) is 32.2 Å². The van der Waals surface area contributed by atoms with Crippen molar-refractivity contribution in [1.82, 2.24) is 9.55 Å². The van der Waals surface area contributed by atoms with Crippen molar-refractivity contribution in [3.05, 3.63) is 95.6 Å². The smallest absolute Gasteiger partial charge is 0.227 e. The van der Waals surface area contributed by atoms with E-state index in [9.17, 15) is 9.18 Å². The zero-order chi connectivity index (χ0) is 21.4. The normalized spacial score (nSPS) is 16.4. The molecule has 4 nitrogen and oxygen atoms in total. The van der Waals surface area contributed by atoms with E-state index in [1.54, 1.807) is 12.1 Å². The van der Waals surface area contributed by atoms with Gasteiger partial charge >= 0.3 is 0 Å². The zero-order valence-corrected chi connectivity index (χ0v) is 17.5. The number of halogens is 1. The highest BCUT2D eigenvalue weighted by Gasteiger charge is 2.34. The van der Waals surface area contributed by atoms with E-state index in [1.165, 1.54) is 17.7 Å². The molecule has 31 heavy (non-hydrogen) atoms. The van der Waals surface area contributed by atoms with Crippen LogP contribution in [0, 0.1) is 5.82 Å². The van der Waals surface area contributed by atoms with Crippen LogP contribution in [0.3, 0.4) is 0 Å².